The third-order valence-corrected chi connectivity index (χ3v) is 1.60. The predicted octanol–water partition coefficient (Wildman–Crippen LogP) is 3.01. The summed E-state index contributed by atoms with van der Waals surface area (Å²) >= 11 is 0. The Hall–Kier alpha value is -0.990. The molecule has 0 N–H and O–H groups in total. The van der Waals surface area contributed by atoms with Gasteiger partial charge in [-0.05, 0) is 39.7 Å². The van der Waals surface area contributed by atoms with Gasteiger partial charge in [0, 0.05) is 6.42 Å². The molecule has 3 nitrogen and oxygen atoms in total. The number of rotatable bonds is 1. The van der Waals surface area contributed by atoms with Gasteiger partial charge in [0.2, 0.25) is 0 Å². The molecule has 0 heterocycles. The molecule has 0 saturated carbocycles. The molecule has 0 bridgehead atoms. The van der Waals surface area contributed by atoms with E-state index in [0.717, 1.165) is 25.0 Å². The fourth-order valence-corrected chi connectivity index (χ4v) is 1.11. The van der Waals surface area contributed by atoms with Crippen LogP contribution in [0, 0.1) is 0 Å². The van der Waals surface area contributed by atoms with E-state index in [1.807, 2.05) is 26.8 Å². The Bertz CT molecular complexity index is 223. The average Bonchev–Trinajstić information content (AvgIpc) is 2.34. The van der Waals surface area contributed by atoms with E-state index in [1.54, 1.807) is 0 Å². The van der Waals surface area contributed by atoms with E-state index < -0.39 is 11.8 Å². The van der Waals surface area contributed by atoms with Gasteiger partial charge in [-0.25, -0.2) is 4.79 Å². The predicted molar refractivity (Wildman–Crippen MR) is 49.3 cm³/mol. The summed E-state index contributed by atoms with van der Waals surface area (Å²) in [7, 11) is 0. The quantitative estimate of drug-likeness (QED) is 0.587. The zero-order chi connectivity index (χ0) is 9.90. The normalized spacial score (nSPS) is 16.7. The molecule has 74 valence electrons. The molecule has 0 saturated heterocycles. The first kappa shape index (κ1) is 10.1. The lowest BCUT2D eigenvalue weighted by Crippen LogP contribution is -2.24. The van der Waals surface area contributed by atoms with Crippen molar-refractivity contribution in [3.63, 3.8) is 0 Å². The third-order valence-electron chi connectivity index (χ3n) is 1.60. The molecule has 0 aromatic rings. The zero-order valence-electron chi connectivity index (χ0n) is 8.42. The topological polar surface area (TPSA) is 35.5 Å². The highest BCUT2D eigenvalue weighted by Gasteiger charge is 2.19. The third kappa shape index (κ3) is 3.97. The molecule has 0 fully saturated rings. The molecule has 0 atom stereocenters. The SMILES string of the molecule is CC(C)(C)OC(=O)OC1=CCCC1. The molecule has 0 spiro atoms. The van der Waals surface area contributed by atoms with Gasteiger partial charge in [0.25, 0.3) is 0 Å². The van der Waals surface area contributed by atoms with Gasteiger partial charge in [-0.15, -0.1) is 0 Å². The zero-order valence-corrected chi connectivity index (χ0v) is 8.42. The van der Waals surface area contributed by atoms with Crippen molar-refractivity contribution in [1.82, 2.24) is 0 Å². The van der Waals surface area contributed by atoms with Crippen molar-refractivity contribution >= 4 is 6.16 Å². The summed E-state index contributed by atoms with van der Waals surface area (Å²) in [5.41, 5.74) is -0.476. The first-order valence-corrected chi connectivity index (χ1v) is 4.57. The summed E-state index contributed by atoms with van der Waals surface area (Å²) in [5.74, 6) is 0.745. The lowest BCUT2D eigenvalue weighted by atomic mass is 10.2. The molecule has 13 heavy (non-hydrogen) atoms. The number of hydrogen-bond acceptors (Lipinski definition) is 3. The largest absolute Gasteiger partial charge is 0.514 e. The van der Waals surface area contributed by atoms with Gasteiger partial charge >= 0.3 is 6.16 Å². The number of allylic oxidation sites excluding steroid dienone is 2. The summed E-state index contributed by atoms with van der Waals surface area (Å²) in [4.78, 5) is 11.1. The van der Waals surface area contributed by atoms with E-state index in [4.69, 9.17) is 9.47 Å². The first-order chi connectivity index (χ1) is 5.97. The Morgan fingerprint density at radius 1 is 1.46 bits per heavy atom. The minimum Gasteiger partial charge on any atom is -0.428 e. The number of hydrogen-bond donors (Lipinski definition) is 0. The molecule has 1 rings (SSSR count). The molecule has 0 radical (unpaired) electrons. The van der Waals surface area contributed by atoms with E-state index in [1.165, 1.54) is 0 Å². The summed E-state index contributed by atoms with van der Waals surface area (Å²) in [5, 5.41) is 0. The highest BCUT2D eigenvalue weighted by atomic mass is 16.7. The highest BCUT2D eigenvalue weighted by molar-refractivity contribution is 5.62. The van der Waals surface area contributed by atoms with Crippen LogP contribution < -0.4 is 0 Å². The summed E-state index contributed by atoms with van der Waals surface area (Å²) in [6, 6.07) is 0. The van der Waals surface area contributed by atoms with Crippen LogP contribution in [-0.4, -0.2) is 11.8 Å². The fraction of sp³-hybridized carbons (Fsp3) is 0.700. The van der Waals surface area contributed by atoms with Crippen molar-refractivity contribution in [2.24, 2.45) is 0 Å². The molecule has 0 unspecified atom stereocenters. The maximum Gasteiger partial charge on any atom is 0.514 e. The second-order valence-electron chi connectivity index (χ2n) is 4.13. The molecule has 1 aliphatic carbocycles. The van der Waals surface area contributed by atoms with Crippen LogP contribution in [-0.2, 0) is 9.47 Å². The minimum atomic E-state index is -0.597. The van der Waals surface area contributed by atoms with Crippen LogP contribution in [0.25, 0.3) is 0 Å². The lowest BCUT2D eigenvalue weighted by Gasteiger charge is -2.18. The van der Waals surface area contributed by atoms with Gasteiger partial charge in [-0.2, -0.15) is 0 Å². The molecular weight excluding hydrogens is 168 g/mol. The molecule has 0 amide bonds. The second-order valence-corrected chi connectivity index (χ2v) is 4.13. The number of carbonyl (C=O) groups excluding carboxylic acids is 1. The molecule has 1 aliphatic rings. The molecular formula is C10H16O3. The Balaban J connectivity index is 2.33. The lowest BCUT2D eigenvalue weighted by molar-refractivity contribution is 0.00575. The van der Waals surface area contributed by atoms with Crippen molar-refractivity contribution in [2.75, 3.05) is 0 Å². The van der Waals surface area contributed by atoms with Crippen LogP contribution in [0.1, 0.15) is 40.0 Å². The molecule has 0 aromatic heterocycles. The van der Waals surface area contributed by atoms with Crippen LogP contribution in [0.4, 0.5) is 4.79 Å². The van der Waals surface area contributed by atoms with E-state index in [9.17, 15) is 4.79 Å². The van der Waals surface area contributed by atoms with Crippen LogP contribution in [0.5, 0.6) is 0 Å². The van der Waals surface area contributed by atoms with E-state index >= 15 is 0 Å². The van der Waals surface area contributed by atoms with Crippen molar-refractivity contribution < 1.29 is 14.3 Å². The Morgan fingerprint density at radius 3 is 2.62 bits per heavy atom. The Labute approximate surface area is 78.7 Å². The van der Waals surface area contributed by atoms with Gasteiger partial charge in [0.1, 0.15) is 11.4 Å². The Morgan fingerprint density at radius 2 is 2.15 bits per heavy atom. The van der Waals surface area contributed by atoms with Crippen LogP contribution >= 0.6 is 0 Å². The second kappa shape index (κ2) is 3.81. The smallest absolute Gasteiger partial charge is 0.428 e. The van der Waals surface area contributed by atoms with Gasteiger partial charge in [0.05, 0.1) is 0 Å². The van der Waals surface area contributed by atoms with Crippen LogP contribution in [0.15, 0.2) is 11.8 Å². The molecule has 0 aromatic carbocycles. The maximum absolute atomic E-state index is 11.1. The molecule has 3 heteroatoms. The highest BCUT2D eigenvalue weighted by Crippen LogP contribution is 2.20. The maximum atomic E-state index is 11.1. The van der Waals surface area contributed by atoms with E-state index in [2.05, 4.69) is 0 Å². The monoisotopic (exact) mass is 184 g/mol. The summed E-state index contributed by atoms with van der Waals surface area (Å²) < 4.78 is 9.98. The minimum absolute atomic E-state index is 0.476. The first-order valence-electron chi connectivity index (χ1n) is 4.57. The van der Waals surface area contributed by atoms with Crippen LogP contribution in [0.3, 0.4) is 0 Å². The van der Waals surface area contributed by atoms with E-state index in [0.29, 0.717) is 0 Å². The molecule has 0 aliphatic heterocycles. The van der Waals surface area contributed by atoms with Gasteiger partial charge in [-0.1, -0.05) is 0 Å². The average molecular weight is 184 g/mol. The van der Waals surface area contributed by atoms with E-state index in [-0.39, 0.29) is 0 Å². The van der Waals surface area contributed by atoms with Crippen molar-refractivity contribution in [2.45, 2.75) is 45.6 Å². The van der Waals surface area contributed by atoms with Gasteiger partial charge in [-0.3, -0.25) is 0 Å². The number of carbonyl (C=O) groups is 1. The summed E-state index contributed by atoms with van der Waals surface area (Å²) in [6.45, 7) is 5.45. The fourth-order valence-electron chi connectivity index (χ4n) is 1.11. The Kier molecular flexibility index (Phi) is 2.96. The van der Waals surface area contributed by atoms with Gasteiger partial charge in [0.15, 0.2) is 0 Å². The number of ether oxygens (including phenoxy) is 2. The van der Waals surface area contributed by atoms with Gasteiger partial charge < -0.3 is 9.47 Å². The summed E-state index contributed by atoms with van der Waals surface area (Å²) in [6.07, 6.45) is 4.25. The van der Waals surface area contributed by atoms with Crippen molar-refractivity contribution in [1.29, 1.82) is 0 Å². The van der Waals surface area contributed by atoms with Crippen molar-refractivity contribution in [3.05, 3.63) is 11.8 Å². The standard InChI is InChI=1S/C10H16O3/c1-10(2,3)13-9(11)12-8-6-4-5-7-8/h6H,4-5,7H2,1-3H3. The van der Waals surface area contributed by atoms with Crippen molar-refractivity contribution in [3.8, 4) is 0 Å². The van der Waals surface area contributed by atoms with Crippen LogP contribution in [0.2, 0.25) is 0 Å².